The lowest BCUT2D eigenvalue weighted by molar-refractivity contribution is 0.106. The molecule has 1 aromatic heterocycles. The van der Waals surface area contributed by atoms with Crippen LogP contribution in [0, 0.1) is 6.92 Å². The highest BCUT2D eigenvalue weighted by Gasteiger charge is 2.07. The number of hydrogen-bond acceptors (Lipinski definition) is 5. The van der Waals surface area contributed by atoms with Gasteiger partial charge in [-0.05, 0) is 30.7 Å². The van der Waals surface area contributed by atoms with E-state index in [4.69, 9.17) is 16.3 Å². The van der Waals surface area contributed by atoms with E-state index in [0.29, 0.717) is 23.9 Å². The predicted molar refractivity (Wildman–Crippen MR) is 80.4 cm³/mol. The Morgan fingerprint density at radius 2 is 2.29 bits per heavy atom. The Labute approximate surface area is 128 Å². The number of nitrogens with zero attached hydrogens (tertiary/aromatic N) is 3. The third kappa shape index (κ3) is 4.70. The molecule has 7 heteroatoms. The minimum absolute atomic E-state index is 0.215. The van der Waals surface area contributed by atoms with Crippen molar-refractivity contribution in [3.63, 3.8) is 0 Å². The number of rotatable bonds is 7. The van der Waals surface area contributed by atoms with Crippen molar-refractivity contribution in [2.24, 2.45) is 7.05 Å². The van der Waals surface area contributed by atoms with Gasteiger partial charge in [-0.25, -0.2) is 0 Å². The molecule has 0 saturated carbocycles. The Hall–Kier alpha value is -1.63. The summed E-state index contributed by atoms with van der Waals surface area (Å²) in [5.41, 5.74) is 0.948. The van der Waals surface area contributed by atoms with Crippen molar-refractivity contribution < 1.29 is 9.84 Å². The fraction of sp³-hybridized carbons (Fsp3) is 0.429. The van der Waals surface area contributed by atoms with Crippen LogP contribution < -0.4 is 10.1 Å². The number of aliphatic hydroxyl groups is 1. The van der Waals surface area contributed by atoms with Gasteiger partial charge < -0.3 is 19.7 Å². The number of halogens is 1. The first-order chi connectivity index (χ1) is 10.1. The van der Waals surface area contributed by atoms with E-state index < -0.39 is 6.10 Å². The molecule has 0 bridgehead atoms. The summed E-state index contributed by atoms with van der Waals surface area (Å²) in [6.45, 7) is 3.09. The van der Waals surface area contributed by atoms with Crippen molar-refractivity contribution in [3.05, 3.63) is 40.9 Å². The monoisotopic (exact) mass is 310 g/mol. The number of hydrogen-bond donors (Lipinski definition) is 2. The number of nitrogens with one attached hydrogen (secondary N) is 1. The zero-order valence-electron chi connectivity index (χ0n) is 12.1. The molecule has 0 aliphatic heterocycles. The second-order valence-corrected chi connectivity index (χ2v) is 5.27. The highest BCUT2D eigenvalue weighted by atomic mass is 35.5. The first kappa shape index (κ1) is 15.8. The molecular weight excluding hydrogens is 292 g/mol. The van der Waals surface area contributed by atoms with E-state index >= 15 is 0 Å². The van der Waals surface area contributed by atoms with E-state index in [2.05, 4.69) is 15.5 Å². The smallest absolute Gasteiger partial charge is 0.146 e. The first-order valence-electron chi connectivity index (χ1n) is 6.67. The van der Waals surface area contributed by atoms with Crippen LogP contribution in [0.15, 0.2) is 24.5 Å². The van der Waals surface area contributed by atoms with Crippen molar-refractivity contribution in [2.45, 2.75) is 19.6 Å². The molecule has 1 aromatic carbocycles. The van der Waals surface area contributed by atoms with Crippen molar-refractivity contribution in [2.75, 3.05) is 13.2 Å². The summed E-state index contributed by atoms with van der Waals surface area (Å²) in [7, 11) is 1.87. The van der Waals surface area contributed by atoms with E-state index in [-0.39, 0.29) is 6.61 Å². The maximum Gasteiger partial charge on any atom is 0.146 e. The van der Waals surface area contributed by atoms with Gasteiger partial charge in [0.1, 0.15) is 30.6 Å². The first-order valence-corrected chi connectivity index (χ1v) is 7.04. The maximum atomic E-state index is 9.88. The van der Waals surface area contributed by atoms with Crippen LogP contribution in [-0.4, -0.2) is 39.1 Å². The molecule has 0 radical (unpaired) electrons. The molecule has 0 spiro atoms. The Bertz CT molecular complexity index is 588. The number of ether oxygens (including phenoxy) is 1. The fourth-order valence-electron chi connectivity index (χ4n) is 1.78. The molecule has 1 heterocycles. The highest BCUT2D eigenvalue weighted by Crippen LogP contribution is 2.21. The number of aliphatic hydroxyl groups excluding tert-OH is 1. The van der Waals surface area contributed by atoms with Crippen molar-refractivity contribution >= 4 is 11.6 Å². The molecule has 0 aliphatic carbocycles. The summed E-state index contributed by atoms with van der Waals surface area (Å²) >= 11 is 5.95. The van der Waals surface area contributed by atoms with E-state index in [1.165, 1.54) is 0 Å². The van der Waals surface area contributed by atoms with Gasteiger partial charge in [-0.3, -0.25) is 0 Å². The molecule has 0 fully saturated rings. The van der Waals surface area contributed by atoms with Crippen LogP contribution in [0.1, 0.15) is 11.4 Å². The molecule has 0 saturated heterocycles. The summed E-state index contributed by atoms with van der Waals surface area (Å²) in [4.78, 5) is 0. The summed E-state index contributed by atoms with van der Waals surface area (Å²) in [6, 6.07) is 5.42. The zero-order chi connectivity index (χ0) is 15.2. The van der Waals surface area contributed by atoms with Crippen molar-refractivity contribution in [1.82, 2.24) is 20.1 Å². The molecule has 0 aliphatic rings. The number of aryl methyl sites for hydroxylation is 2. The van der Waals surface area contributed by atoms with Crippen molar-refractivity contribution in [1.29, 1.82) is 0 Å². The molecule has 1 unspecified atom stereocenters. The fourth-order valence-corrected chi connectivity index (χ4v) is 1.89. The molecule has 6 nitrogen and oxygen atoms in total. The topological polar surface area (TPSA) is 72.2 Å². The van der Waals surface area contributed by atoms with Crippen LogP contribution in [0.3, 0.4) is 0 Å². The van der Waals surface area contributed by atoms with Crippen LogP contribution >= 0.6 is 11.6 Å². The van der Waals surface area contributed by atoms with Gasteiger partial charge in [0.15, 0.2) is 0 Å². The standard InChI is InChI=1S/C14H19ClN4O2/c1-10-5-12(3-4-13(10)15)21-8-11(20)6-16-7-14-18-17-9-19(14)2/h3-5,9,11,16,20H,6-8H2,1-2H3. The minimum atomic E-state index is -0.603. The lowest BCUT2D eigenvalue weighted by atomic mass is 10.2. The molecule has 0 amide bonds. The Morgan fingerprint density at radius 3 is 2.95 bits per heavy atom. The second-order valence-electron chi connectivity index (χ2n) is 4.86. The van der Waals surface area contributed by atoms with Crippen LogP contribution in [0.2, 0.25) is 5.02 Å². The second kappa shape index (κ2) is 7.40. The lowest BCUT2D eigenvalue weighted by Crippen LogP contribution is -2.31. The van der Waals surface area contributed by atoms with Crippen LogP contribution in [-0.2, 0) is 13.6 Å². The lowest BCUT2D eigenvalue weighted by Gasteiger charge is -2.13. The van der Waals surface area contributed by atoms with Gasteiger partial charge >= 0.3 is 0 Å². The molecule has 2 N–H and O–H groups in total. The minimum Gasteiger partial charge on any atom is -0.491 e. The largest absolute Gasteiger partial charge is 0.491 e. The average molecular weight is 311 g/mol. The van der Waals surface area contributed by atoms with Gasteiger partial charge in [-0.1, -0.05) is 11.6 Å². The Balaban J connectivity index is 1.71. The third-order valence-corrected chi connectivity index (χ3v) is 3.46. The highest BCUT2D eigenvalue weighted by molar-refractivity contribution is 6.31. The van der Waals surface area contributed by atoms with Gasteiger partial charge in [0.2, 0.25) is 0 Å². The number of benzene rings is 1. The molecule has 21 heavy (non-hydrogen) atoms. The normalized spacial score (nSPS) is 12.4. The Kier molecular flexibility index (Phi) is 5.55. The molecule has 114 valence electrons. The summed E-state index contributed by atoms with van der Waals surface area (Å²) in [5.74, 6) is 1.51. The molecular formula is C14H19ClN4O2. The van der Waals surface area contributed by atoms with Crippen LogP contribution in [0.25, 0.3) is 0 Å². The van der Waals surface area contributed by atoms with E-state index in [1.807, 2.05) is 24.6 Å². The van der Waals surface area contributed by atoms with E-state index in [9.17, 15) is 5.11 Å². The molecule has 2 aromatic rings. The van der Waals surface area contributed by atoms with Crippen molar-refractivity contribution in [3.8, 4) is 5.75 Å². The third-order valence-electron chi connectivity index (χ3n) is 3.04. The van der Waals surface area contributed by atoms with Gasteiger partial charge in [-0.2, -0.15) is 0 Å². The van der Waals surface area contributed by atoms with E-state index in [1.54, 1.807) is 18.5 Å². The zero-order valence-corrected chi connectivity index (χ0v) is 12.8. The van der Waals surface area contributed by atoms with Gasteiger partial charge in [-0.15, -0.1) is 10.2 Å². The maximum absolute atomic E-state index is 9.88. The molecule has 2 rings (SSSR count). The van der Waals surface area contributed by atoms with Gasteiger partial charge in [0.05, 0.1) is 6.54 Å². The average Bonchev–Trinajstić information content (AvgIpc) is 2.86. The van der Waals surface area contributed by atoms with Crippen LogP contribution in [0.4, 0.5) is 0 Å². The van der Waals surface area contributed by atoms with Gasteiger partial charge in [0.25, 0.3) is 0 Å². The Morgan fingerprint density at radius 1 is 1.48 bits per heavy atom. The van der Waals surface area contributed by atoms with E-state index in [0.717, 1.165) is 11.4 Å². The summed E-state index contributed by atoms with van der Waals surface area (Å²) in [5, 5.41) is 21.4. The van der Waals surface area contributed by atoms with Crippen LogP contribution in [0.5, 0.6) is 5.75 Å². The van der Waals surface area contributed by atoms with Gasteiger partial charge in [0, 0.05) is 18.6 Å². The SMILES string of the molecule is Cc1cc(OCC(O)CNCc2nncn2C)ccc1Cl. The summed E-state index contributed by atoms with van der Waals surface area (Å²) < 4.78 is 7.36. The molecule has 1 atom stereocenters. The predicted octanol–water partition coefficient (Wildman–Crippen LogP) is 1.31. The summed E-state index contributed by atoms with van der Waals surface area (Å²) in [6.07, 6.45) is 1.04. The number of aromatic nitrogens is 3. The quantitative estimate of drug-likeness (QED) is 0.806.